The molecule has 2 aliphatic heterocycles. The lowest BCUT2D eigenvalue weighted by atomic mass is 9.98. The molecule has 2 aromatic carbocycles. The predicted octanol–water partition coefficient (Wildman–Crippen LogP) is 5.73. The van der Waals surface area contributed by atoms with Gasteiger partial charge in [0.05, 0.1) is 5.60 Å². The number of ether oxygens (including phenoxy) is 1. The second-order valence-electron chi connectivity index (χ2n) is 10.3. The van der Waals surface area contributed by atoms with Crippen molar-refractivity contribution in [3.8, 4) is 0 Å². The van der Waals surface area contributed by atoms with Crippen molar-refractivity contribution in [1.29, 1.82) is 0 Å². The van der Waals surface area contributed by atoms with Gasteiger partial charge in [0.25, 0.3) is 0 Å². The summed E-state index contributed by atoms with van der Waals surface area (Å²) in [6.07, 6.45) is 7.84. The minimum absolute atomic E-state index is 0.300. The van der Waals surface area contributed by atoms with Gasteiger partial charge in [0, 0.05) is 32.3 Å². The lowest BCUT2D eigenvalue weighted by Gasteiger charge is -2.28. The van der Waals surface area contributed by atoms with Crippen LogP contribution in [0.2, 0.25) is 0 Å². The Morgan fingerprint density at radius 2 is 1.59 bits per heavy atom. The van der Waals surface area contributed by atoms with Crippen LogP contribution in [0, 0.1) is 13.8 Å². The number of hydrogen-bond acceptors (Lipinski definition) is 3. The summed E-state index contributed by atoms with van der Waals surface area (Å²) >= 11 is 0. The van der Waals surface area contributed by atoms with Gasteiger partial charge < -0.3 is 10.1 Å². The summed E-state index contributed by atoms with van der Waals surface area (Å²) in [5, 5.41) is 3.36. The first-order chi connectivity index (χ1) is 15.5. The number of rotatable bonds is 3. The number of benzene rings is 2. The molecule has 3 nitrogen and oxygen atoms in total. The van der Waals surface area contributed by atoms with Crippen molar-refractivity contribution >= 4 is 0 Å². The number of nitrogens with one attached hydrogen (secondary N) is 1. The predicted molar refractivity (Wildman–Crippen MR) is 134 cm³/mol. The zero-order valence-electron chi connectivity index (χ0n) is 20.7. The molecule has 0 amide bonds. The van der Waals surface area contributed by atoms with Crippen LogP contribution in [0.25, 0.3) is 0 Å². The molecule has 3 heteroatoms. The van der Waals surface area contributed by atoms with E-state index in [0.29, 0.717) is 5.60 Å². The van der Waals surface area contributed by atoms with Gasteiger partial charge in [-0.2, -0.15) is 0 Å². The Kier molecular flexibility index (Phi) is 7.70. The Hall–Kier alpha value is -1.68. The van der Waals surface area contributed by atoms with Gasteiger partial charge in [-0.05, 0) is 95.0 Å². The molecule has 6 rings (SSSR count). The zero-order valence-corrected chi connectivity index (χ0v) is 20.7. The first-order valence-corrected chi connectivity index (χ1v) is 12.7. The molecule has 0 bridgehead atoms. The lowest BCUT2D eigenvalue weighted by molar-refractivity contribution is 0.0564. The molecule has 2 aliphatic carbocycles. The summed E-state index contributed by atoms with van der Waals surface area (Å²) in [7, 11) is 0. The average molecular weight is 435 g/mol. The van der Waals surface area contributed by atoms with Crippen LogP contribution in [0.15, 0.2) is 36.4 Å². The Labute approximate surface area is 195 Å². The normalized spacial score (nSPS) is 20.6. The Morgan fingerprint density at radius 3 is 2.19 bits per heavy atom. The molecular weight excluding hydrogens is 392 g/mol. The van der Waals surface area contributed by atoms with Crippen LogP contribution >= 0.6 is 0 Å². The second-order valence-corrected chi connectivity index (χ2v) is 10.3. The fourth-order valence-corrected chi connectivity index (χ4v) is 4.73. The van der Waals surface area contributed by atoms with E-state index in [0.717, 1.165) is 25.7 Å². The first-order valence-electron chi connectivity index (χ1n) is 12.7. The van der Waals surface area contributed by atoms with Gasteiger partial charge in [0.15, 0.2) is 0 Å². The zero-order chi connectivity index (χ0) is 22.6. The molecule has 0 spiro atoms. The molecule has 174 valence electrons. The number of nitrogens with zero attached hydrogens (tertiary/aromatic N) is 1. The Balaban J connectivity index is 0.000000122. The highest BCUT2D eigenvalue weighted by Gasteiger charge is 2.37. The summed E-state index contributed by atoms with van der Waals surface area (Å²) in [4.78, 5) is 2.65. The Bertz CT molecular complexity index is 898. The van der Waals surface area contributed by atoms with Crippen LogP contribution in [-0.4, -0.2) is 36.2 Å². The second kappa shape index (κ2) is 10.5. The largest absolute Gasteiger partial charge is 0.376 e. The SMILES string of the molecule is CCOC1(C)CC1.Cc1ccc2c(c1)CCN(C1CC1)C2.Cc1ccc2c(c1)CCNC2. The van der Waals surface area contributed by atoms with E-state index in [2.05, 4.69) is 67.4 Å². The standard InChI is InChI=1S/C13H17N.C10H13N.C6H12O/c1-10-2-3-12-9-14(13-4-5-13)7-6-11(12)8-10;1-8-2-3-10-7-11-5-4-9(10)6-8;1-3-7-6(2)4-5-6/h2-3,8,13H,4-7,9H2,1H3;2-3,6,11H,4-5,7H2,1H3;3-5H2,1-2H3. The molecule has 2 saturated carbocycles. The molecule has 2 aromatic rings. The third-order valence-electron chi connectivity index (χ3n) is 7.16. The van der Waals surface area contributed by atoms with E-state index >= 15 is 0 Å². The van der Waals surface area contributed by atoms with Crippen molar-refractivity contribution in [2.75, 3.05) is 19.7 Å². The van der Waals surface area contributed by atoms with Crippen molar-refractivity contribution in [3.63, 3.8) is 0 Å². The number of aryl methyl sites for hydroxylation is 2. The maximum atomic E-state index is 5.34. The summed E-state index contributed by atoms with van der Waals surface area (Å²) in [5.74, 6) is 0. The van der Waals surface area contributed by atoms with Gasteiger partial charge in [0.1, 0.15) is 0 Å². The van der Waals surface area contributed by atoms with Crippen molar-refractivity contribution in [3.05, 3.63) is 69.8 Å². The van der Waals surface area contributed by atoms with Gasteiger partial charge in [-0.15, -0.1) is 0 Å². The highest BCUT2D eigenvalue weighted by Crippen LogP contribution is 2.38. The third-order valence-corrected chi connectivity index (χ3v) is 7.16. The summed E-state index contributed by atoms with van der Waals surface area (Å²) in [5.41, 5.74) is 9.24. The van der Waals surface area contributed by atoms with Crippen LogP contribution in [0.3, 0.4) is 0 Å². The molecular formula is C29H42N2O. The van der Waals surface area contributed by atoms with Crippen molar-refractivity contribution in [1.82, 2.24) is 10.2 Å². The number of hydrogen-bond donors (Lipinski definition) is 1. The molecule has 0 saturated heterocycles. The molecule has 4 aliphatic rings. The Morgan fingerprint density at radius 1 is 0.938 bits per heavy atom. The van der Waals surface area contributed by atoms with E-state index in [-0.39, 0.29) is 0 Å². The average Bonchev–Trinajstić information content (AvgIpc) is 3.72. The summed E-state index contributed by atoms with van der Waals surface area (Å²) in [6, 6.07) is 14.6. The van der Waals surface area contributed by atoms with E-state index in [1.54, 1.807) is 11.1 Å². The molecule has 32 heavy (non-hydrogen) atoms. The molecule has 0 aromatic heterocycles. The fraction of sp³-hybridized carbons (Fsp3) is 0.586. The fourth-order valence-electron chi connectivity index (χ4n) is 4.73. The monoisotopic (exact) mass is 434 g/mol. The third kappa shape index (κ3) is 6.66. The minimum Gasteiger partial charge on any atom is -0.376 e. The molecule has 2 fully saturated rings. The van der Waals surface area contributed by atoms with E-state index in [9.17, 15) is 0 Å². The highest BCUT2D eigenvalue weighted by atomic mass is 16.5. The van der Waals surface area contributed by atoms with Crippen molar-refractivity contribution in [2.45, 2.75) is 91.0 Å². The lowest BCUT2D eigenvalue weighted by Crippen LogP contribution is -2.32. The quantitative estimate of drug-likeness (QED) is 0.667. The minimum atomic E-state index is 0.300. The molecule has 0 radical (unpaired) electrons. The van der Waals surface area contributed by atoms with Gasteiger partial charge in [-0.3, -0.25) is 4.90 Å². The molecule has 1 N–H and O–H groups in total. The van der Waals surface area contributed by atoms with Crippen LogP contribution in [0.4, 0.5) is 0 Å². The van der Waals surface area contributed by atoms with Gasteiger partial charge >= 0.3 is 0 Å². The molecule has 2 heterocycles. The van der Waals surface area contributed by atoms with Gasteiger partial charge in [-0.25, -0.2) is 0 Å². The van der Waals surface area contributed by atoms with E-state index in [1.807, 2.05) is 6.92 Å². The summed E-state index contributed by atoms with van der Waals surface area (Å²) < 4.78 is 5.34. The summed E-state index contributed by atoms with van der Waals surface area (Å²) in [6.45, 7) is 14.1. The maximum Gasteiger partial charge on any atom is 0.0656 e. The van der Waals surface area contributed by atoms with Gasteiger partial charge in [-0.1, -0.05) is 47.5 Å². The van der Waals surface area contributed by atoms with E-state index < -0.39 is 0 Å². The first kappa shape index (κ1) is 23.5. The van der Waals surface area contributed by atoms with Gasteiger partial charge in [0.2, 0.25) is 0 Å². The molecule has 0 atom stereocenters. The van der Waals surface area contributed by atoms with Crippen LogP contribution in [0.1, 0.15) is 72.9 Å². The molecule has 0 unspecified atom stereocenters. The number of fused-ring (bicyclic) bond motifs is 2. The smallest absolute Gasteiger partial charge is 0.0656 e. The maximum absolute atomic E-state index is 5.34. The van der Waals surface area contributed by atoms with Crippen LogP contribution < -0.4 is 5.32 Å². The van der Waals surface area contributed by atoms with Crippen LogP contribution in [0.5, 0.6) is 0 Å². The highest BCUT2D eigenvalue weighted by molar-refractivity contribution is 5.34. The topological polar surface area (TPSA) is 24.5 Å². The van der Waals surface area contributed by atoms with E-state index in [1.165, 1.54) is 73.9 Å². The van der Waals surface area contributed by atoms with E-state index in [4.69, 9.17) is 4.74 Å². The van der Waals surface area contributed by atoms with Crippen LogP contribution in [-0.2, 0) is 30.7 Å². The van der Waals surface area contributed by atoms with Crippen molar-refractivity contribution < 1.29 is 4.74 Å². The van der Waals surface area contributed by atoms with Crippen molar-refractivity contribution in [2.24, 2.45) is 0 Å².